The number of fused-ring (bicyclic) bond motifs is 5. The van der Waals surface area contributed by atoms with Crippen molar-refractivity contribution in [1.82, 2.24) is 9.97 Å². The molecule has 0 atom stereocenters. The molecule has 0 N–H and O–H groups in total. The van der Waals surface area contributed by atoms with Crippen LogP contribution in [0.5, 0.6) is 0 Å². The molecule has 1 aliphatic carbocycles. The van der Waals surface area contributed by atoms with Crippen LogP contribution in [0.4, 0.5) is 0 Å². The summed E-state index contributed by atoms with van der Waals surface area (Å²) in [5.74, 6) is 0. The van der Waals surface area contributed by atoms with Crippen molar-refractivity contribution in [3.8, 4) is 44.8 Å². The Kier molecular flexibility index (Phi) is 9.30. The van der Waals surface area contributed by atoms with E-state index in [0.29, 0.717) is 0 Å². The van der Waals surface area contributed by atoms with Gasteiger partial charge in [0.2, 0.25) is 0 Å². The normalized spacial score (nSPS) is 12.7. The largest absolute Gasteiger partial charge is 0.305 e. The molecule has 48 heavy (non-hydrogen) atoms. The van der Waals surface area contributed by atoms with Crippen LogP contribution in [0.3, 0.4) is 0 Å². The van der Waals surface area contributed by atoms with Gasteiger partial charge in [0.15, 0.2) is 0 Å². The van der Waals surface area contributed by atoms with Gasteiger partial charge in [-0.3, -0.25) is 0 Å². The summed E-state index contributed by atoms with van der Waals surface area (Å²) in [6.07, 6.45) is 3.71. The Morgan fingerprint density at radius 3 is 2.10 bits per heavy atom. The van der Waals surface area contributed by atoms with E-state index < -0.39 is 0 Å². The molecule has 239 valence electrons. The monoisotopic (exact) mass is 799 g/mol. The van der Waals surface area contributed by atoms with E-state index in [9.17, 15) is 0 Å². The summed E-state index contributed by atoms with van der Waals surface area (Å²) in [6, 6.07) is 51.3. The van der Waals surface area contributed by atoms with Crippen LogP contribution in [0.1, 0.15) is 51.3 Å². The van der Waals surface area contributed by atoms with Crippen molar-refractivity contribution < 1.29 is 20.1 Å². The summed E-state index contributed by atoms with van der Waals surface area (Å²) < 4.78 is 0. The molecule has 0 bridgehead atoms. The maximum Gasteiger partial charge on any atom is 0.0166 e. The standard InChI is InChI=1S/C24H18N.C21H20N.Ir/c1-24(2)21-13-11-17(22-9-5-6-14-25-22)15-20(21)19-12-10-16-7-3-4-8-18(16)23(19)24;1-21(2,3)19-11-7-10-18(14-19)20-15-17(12-13-22-20)16-8-5-4-6-9-16;/h3-10,12-15H,1-2H3;4-9,11-15H,1-3H3;/q2*-1;. The maximum absolute atomic E-state index is 4.53. The first-order chi connectivity index (χ1) is 22.7. The van der Waals surface area contributed by atoms with Gasteiger partial charge >= 0.3 is 0 Å². The van der Waals surface area contributed by atoms with Crippen LogP contribution >= 0.6 is 0 Å². The van der Waals surface area contributed by atoms with Gasteiger partial charge in [0.25, 0.3) is 0 Å². The summed E-state index contributed by atoms with van der Waals surface area (Å²) in [5.41, 5.74) is 13.2. The Balaban J connectivity index is 0.000000165. The fourth-order valence-corrected chi connectivity index (χ4v) is 6.67. The van der Waals surface area contributed by atoms with E-state index in [2.05, 4.69) is 148 Å². The average molecular weight is 799 g/mol. The van der Waals surface area contributed by atoms with Crippen LogP contribution in [-0.2, 0) is 30.9 Å². The predicted molar refractivity (Wildman–Crippen MR) is 196 cm³/mol. The molecule has 0 saturated carbocycles. The van der Waals surface area contributed by atoms with Crippen LogP contribution in [0.2, 0.25) is 0 Å². The average Bonchev–Trinajstić information content (AvgIpc) is 3.35. The van der Waals surface area contributed by atoms with E-state index in [0.717, 1.165) is 22.5 Å². The van der Waals surface area contributed by atoms with Gasteiger partial charge in [-0.1, -0.05) is 125 Å². The second kappa shape index (κ2) is 13.4. The zero-order valence-electron chi connectivity index (χ0n) is 28.0. The molecule has 8 rings (SSSR count). The van der Waals surface area contributed by atoms with Crippen LogP contribution in [0, 0.1) is 12.1 Å². The summed E-state index contributed by atoms with van der Waals surface area (Å²) in [6.45, 7) is 11.3. The zero-order chi connectivity index (χ0) is 32.6. The molecular weight excluding hydrogens is 761 g/mol. The van der Waals surface area contributed by atoms with Crippen molar-refractivity contribution in [2.24, 2.45) is 0 Å². The van der Waals surface area contributed by atoms with Gasteiger partial charge < -0.3 is 9.97 Å². The Hall–Kier alpha value is -4.69. The van der Waals surface area contributed by atoms with Gasteiger partial charge in [0, 0.05) is 32.5 Å². The first kappa shape index (κ1) is 33.2. The molecule has 0 saturated heterocycles. The molecule has 1 aliphatic rings. The van der Waals surface area contributed by atoms with Crippen LogP contribution in [-0.4, -0.2) is 9.97 Å². The second-order valence-electron chi connectivity index (χ2n) is 13.8. The Bertz CT molecular complexity index is 2200. The molecule has 0 spiro atoms. The van der Waals surface area contributed by atoms with E-state index in [1.54, 1.807) is 0 Å². The number of hydrogen-bond donors (Lipinski definition) is 0. The minimum atomic E-state index is -0.0231. The fourth-order valence-electron chi connectivity index (χ4n) is 6.67. The maximum atomic E-state index is 4.53. The summed E-state index contributed by atoms with van der Waals surface area (Å²) >= 11 is 0. The summed E-state index contributed by atoms with van der Waals surface area (Å²) in [5, 5.41) is 2.65. The Morgan fingerprint density at radius 1 is 0.604 bits per heavy atom. The molecule has 0 amide bonds. The number of pyridine rings is 2. The number of benzene rings is 5. The molecule has 2 nitrogen and oxygen atoms in total. The van der Waals surface area contributed by atoms with Gasteiger partial charge in [0.05, 0.1) is 0 Å². The molecule has 3 heteroatoms. The van der Waals surface area contributed by atoms with Gasteiger partial charge in [0.1, 0.15) is 0 Å². The van der Waals surface area contributed by atoms with E-state index in [1.807, 2.05) is 48.8 Å². The van der Waals surface area contributed by atoms with Crippen molar-refractivity contribution in [3.05, 3.63) is 169 Å². The minimum Gasteiger partial charge on any atom is -0.305 e. The van der Waals surface area contributed by atoms with E-state index in [1.165, 1.54) is 49.7 Å². The number of nitrogens with zero attached hydrogens (tertiary/aromatic N) is 2. The van der Waals surface area contributed by atoms with Crippen molar-refractivity contribution in [1.29, 1.82) is 0 Å². The zero-order valence-corrected chi connectivity index (χ0v) is 30.4. The van der Waals surface area contributed by atoms with Crippen molar-refractivity contribution in [2.45, 2.75) is 45.4 Å². The third-order valence-corrected chi connectivity index (χ3v) is 9.22. The van der Waals surface area contributed by atoms with E-state index >= 15 is 0 Å². The molecule has 2 heterocycles. The van der Waals surface area contributed by atoms with Gasteiger partial charge in [-0.15, -0.1) is 64.7 Å². The topological polar surface area (TPSA) is 25.8 Å². The molecule has 1 radical (unpaired) electrons. The quantitative estimate of drug-likeness (QED) is 0.166. The van der Waals surface area contributed by atoms with Gasteiger partial charge in [-0.05, 0) is 67.4 Å². The fraction of sp³-hybridized carbons (Fsp3) is 0.156. The van der Waals surface area contributed by atoms with E-state index in [-0.39, 0.29) is 30.9 Å². The van der Waals surface area contributed by atoms with Crippen molar-refractivity contribution in [3.63, 3.8) is 0 Å². The van der Waals surface area contributed by atoms with Crippen LogP contribution in [0.15, 0.2) is 140 Å². The summed E-state index contributed by atoms with van der Waals surface area (Å²) in [7, 11) is 0. The molecule has 5 aromatic carbocycles. The Morgan fingerprint density at radius 2 is 1.33 bits per heavy atom. The third kappa shape index (κ3) is 6.41. The molecule has 0 aliphatic heterocycles. The van der Waals surface area contributed by atoms with Crippen molar-refractivity contribution >= 4 is 10.8 Å². The second-order valence-corrected chi connectivity index (χ2v) is 13.8. The number of hydrogen-bond acceptors (Lipinski definition) is 2. The first-order valence-corrected chi connectivity index (χ1v) is 16.2. The SMILES string of the molecule is CC(C)(C)c1cc[c-]c(-c2cc(-c3ccccc3)ccn2)c1.CC1(C)c2c[c-]c(-c3ccccn3)cc2-c2ccc3ccccc3c21.[Ir]. The summed E-state index contributed by atoms with van der Waals surface area (Å²) in [4.78, 5) is 9.01. The predicted octanol–water partition coefficient (Wildman–Crippen LogP) is 11.5. The molecule has 0 unspecified atom stereocenters. The van der Waals surface area contributed by atoms with Gasteiger partial charge in [-0.2, -0.15) is 0 Å². The molecular formula is C45H38IrN2-2. The Labute approximate surface area is 298 Å². The van der Waals surface area contributed by atoms with E-state index in [4.69, 9.17) is 0 Å². The molecule has 0 fully saturated rings. The van der Waals surface area contributed by atoms with Crippen LogP contribution in [0.25, 0.3) is 55.5 Å². The smallest absolute Gasteiger partial charge is 0.0166 e. The third-order valence-electron chi connectivity index (χ3n) is 9.22. The first-order valence-electron chi connectivity index (χ1n) is 16.2. The molecule has 2 aromatic heterocycles. The number of rotatable bonds is 3. The molecule has 7 aromatic rings. The van der Waals surface area contributed by atoms with Crippen molar-refractivity contribution in [2.75, 3.05) is 0 Å². The van der Waals surface area contributed by atoms with Crippen LogP contribution < -0.4 is 0 Å². The minimum absolute atomic E-state index is 0. The van der Waals surface area contributed by atoms with Gasteiger partial charge in [-0.25, -0.2) is 0 Å². The number of aromatic nitrogens is 2.